The highest BCUT2D eigenvalue weighted by Crippen LogP contribution is 2.18. The number of thioether (sulfide) groups is 1. The lowest BCUT2D eigenvalue weighted by Gasteiger charge is -2.18. The minimum absolute atomic E-state index is 0.0866. The second kappa shape index (κ2) is 7.06. The molecular weight excluding hydrogens is 302 g/mol. The predicted octanol–water partition coefficient (Wildman–Crippen LogP) is 2.58. The Morgan fingerprint density at radius 3 is 2.82 bits per heavy atom. The van der Waals surface area contributed by atoms with Gasteiger partial charge in [0.05, 0.1) is 11.9 Å². The average molecular weight is 320 g/mol. The molecule has 1 aromatic heterocycles. The number of anilines is 1. The van der Waals surface area contributed by atoms with Gasteiger partial charge in [-0.15, -0.1) is 0 Å². The molecule has 17 heavy (non-hydrogen) atoms. The van der Waals surface area contributed by atoms with Crippen LogP contribution >= 0.6 is 27.7 Å². The SMILES string of the molecule is CCC(CSC)Nc1cnn(CC)c(=O)c1Br. The molecule has 1 unspecified atom stereocenters. The van der Waals surface area contributed by atoms with Crippen LogP contribution in [-0.2, 0) is 6.54 Å². The minimum atomic E-state index is -0.0866. The number of nitrogens with zero attached hydrogens (tertiary/aromatic N) is 2. The van der Waals surface area contributed by atoms with Gasteiger partial charge in [0, 0.05) is 18.3 Å². The van der Waals surface area contributed by atoms with Crippen molar-refractivity contribution < 1.29 is 0 Å². The summed E-state index contributed by atoms with van der Waals surface area (Å²) in [6.07, 6.45) is 4.80. The fourth-order valence-corrected chi connectivity index (χ4v) is 2.62. The van der Waals surface area contributed by atoms with E-state index in [1.807, 2.05) is 6.92 Å². The van der Waals surface area contributed by atoms with Gasteiger partial charge in [-0.3, -0.25) is 4.79 Å². The van der Waals surface area contributed by atoms with Gasteiger partial charge in [-0.2, -0.15) is 16.9 Å². The van der Waals surface area contributed by atoms with Crippen LogP contribution in [0.5, 0.6) is 0 Å². The molecular formula is C11H18BrN3OS. The third-order valence-corrected chi connectivity index (χ3v) is 4.01. The molecule has 1 N–H and O–H groups in total. The van der Waals surface area contributed by atoms with Gasteiger partial charge in [0.15, 0.2) is 0 Å². The summed E-state index contributed by atoms with van der Waals surface area (Å²) in [4.78, 5) is 11.9. The molecule has 1 heterocycles. The van der Waals surface area contributed by atoms with Crippen molar-refractivity contribution in [3.05, 3.63) is 21.0 Å². The Balaban J connectivity index is 2.92. The van der Waals surface area contributed by atoms with Crippen LogP contribution in [0.4, 0.5) is 5.69 Å². The standard InChI is InChI=1S/C11H18BrN3OS/c1-4-8(7-17-3)14-9-6-13-15(5-2)11(16)10(9)12/h6,8,14H,4-5,7H2,1-3H3. The van der Waals surface area contributed by atoms with E-state index in [0.29, 0.717) is 17.1 Å². The van der Waals surface area contributed by atoms with Crippen LogP contribution in [0, 0.1) is 0 Å². The molecule has 0 aliphatic rings. The van der Waals surface area contributed by atoms with Gasteiger partial charge in [-0.05, 0) is 35.5 Å². The van der Waals surface area contributed by atoms with Crippen LogP contribution in [0.15, 0.2) is 15.5 Å². The van der Waals surface area contributed by atoms with Gasteiger partial charge in [0.2, 0.25) is 0 Å². The van der Waals surface area contributed by atoms with Crippen molar-refractivity contribution in [3.8, 4) is 0 Å². The van der Waals surface area contributed by atoms with Crippen molar-refractivity contribution in [2.24, 2.45) is 0 Å². The van der Waals surface area contributed by atoms with Crippen molar-refractivity contribution in [3.63, 3.8) is 0 Å². The monoisotopic (exact) mass is 319 g/mol. The summed E-state index contributed by atoms with van der Waals surface area (Å²) in [6, 6.07) is 0.361. The first-order chi connectivity index (χ1) is 8.13. The lowest BCUT2D eigenvalue weighted by molar-refractivity contribution is 0.611. The minimum Gasteiger partial charge on any atom is -0.379 e. The Labute approximate surface area is 114 Å². The summed E-state index contributed by atoms with van der Waals surface area (Å²) in [5.41, 5.74) is 0.692. The lowest BCUT2D eigenvalue weighted by atomic mass is 10.2. The number of halogens is 1. The molecule has 0 aromatic carbocycles. The van der Waals surface area contributed by atoms with Gasteiger partial charge in [0.1, 0.15) is 4.47 Å². The first kappa shape index (κ1) is 14.6. The van der Waals surface area contributed by atoms with E-state index in [2.05, 4.69) is 39.5 Å². The molecule has 0 aliphatic carbocycles. The third kappa shape index (κ3) is 3.74. The molecule has 4 nitrogen and oxygen atoms in total. The highest BCUT2D eigenvalue weighted by Gasteiger charge is 2.11. The maximum Gasteiger partial charge on any atom is 0.283 e. The summed E-state index contributed by atoms with van der Waals surface area (Å²) in [5.74, 6) is 1.01. The number of rotatable bonds is 6. The fraction of sp³-hybridized carbons (Fsp3) is 0.636. The number of hydrogen-bond donors (Lipinski definition) is 1. The zero-order valence-corrected chi connectivity index (χ0v) is 12.8. The van der Waals surface area contributed by atoms with Gasteiger partial charge in [-0.1, -0.05) is 6.92 Å². The van der Waals surface area contributed by atoms with Gasteiger partial charge in [0.25, 0.3) is 5.56 Å². The van der Waals surface area contributed by atoms with Gasteiger partial charge in [-0.25, -0.2) is 4.68 Å². The molecule has 1 aromatic rings. The van der Waals surface area contributed by atoms with E-state index in [9.17, 15) is 4.79 Å². The summed E-state index contributed by atoms with van der Waals surface area (Å²) in [6.45, 7) is 4.61. The molecule has 96 valence electrons. The van der Waals surface area contributed by atoms with Crippen molar-refractivity contribution in [1.82, 2.24) is 9.78 Å². The van der Waals surface area contributed by atoms with E-state index in [1.54, 1.807) is 18.0 Å². The van der Waals surface area contributed by atoms with E-state index in [1.165, 1.54) is 4.68 Å². The molecule has 0 saturated carbocycles. The normalized spacial score (nSPS) is 12.5. The Morgan fingerprint density at radius 1 is 1.59 bits per heavy atom. The summed E-state index contributed by atoms with van der Waals surface area (Å²) in [5, 5.41) is 7.46. The zero-order chi connectivity index (χ0) is 12.8. The largest absolute Gasteiger partial charge is 0.379 e. The molecule has 0 aliphatic heterocycles. The predicted molar refractivity (Wildman–Crippen MR) is 78.0 cm³/mol. The Bertz CT molecular complexity index is 422. The zero-order valence-electron chi connectivity index (χ0n) is 10.4. The van der Waals surface area contributed by atoms with Crippen LogP contribution in [0.25, 0.3) is 0 Å². The van der Waals surface area contributed by atoms with E-state index < -0.39 is 0 Å². The van der Waals surface area contributed by atoms with E-state index in [4.69, 9.17) is 0 Å². The highest BCUT2D eigenvalue weighted by atomic mass is 79.9. The maximum atomic E-state index is 11.9. The van der Waals surface area contributed by atoms with Crippen LogP contribution in [0.2, 0.25) is 0 Å². The average Bonchev–Trinajstić information content (AvgIpc) is 2.34. The number of aromatic nitrogens is 2. The third-order valence-electron chi connectivity index (χ3n) is 2.50. The second-order valence-electron chi connectivity index (χ2n) is 3.70. The Morgan fingerprint density at radius 2 is 2.29 bits per heavy atom. The molecule has 0 amide bonds. The van der Waals surface area contributed by atoms with Crippen LogP contribution in [0.1, 0.15) is 20.3 Å². The van der Waals surface area contributed by atoms with Crippen molar-refractivity contribution in [2.75, 3.05) is 17.3 Å². The van der Waals surface area contributed by atoms with Crippen molar-refractivity contribution in [1.29, 1.82) is 0 Å². The Hall–Kier alpha value is -0.490. The van der Waals surface area contributed by atoms with Crippen molar-refractivity contribution >= 4 is 33.4 Å². The number of hydrogen-bond acceptors (Lipinski definition) is 4. The van der Waals surface area contributed by atoms with E-state index in [-0.39, 0.29) is 5.56 Å². The van der Waals surface area contributed by atoms with Crippen LogP contribution in [-0.4, -0.2) is 27.8 Å². The second-order valence-corrected chi connectivity index (χ2v) is 5.40. The number of nitrogens with one attached hydrogen (secondary N) is 1. The molecule has 0 fully saturated rings. The van der Waals surface area contributed by atoms with E-state index in [0.717, 1.165) is 17.9 Å². The molecule has 0 radical (unpaired) electrons. The topological polar surface area (TPSA) is 46.9 Å². The summed E-state index contributed by atoms with van der Waals surface area (Å²) < 4.78 is 2.00. The van der Waals surface area contributed by atoms with E-state index >= 15 is 0 Å². The molecule has 1 rings (SSSR count). The van der Waals surface area contributed by atoms with Crippen molar-refractivity contribution in [2.45, 2.75) is 32.9 Å². The summed E-state index contributed by atoms with van der Waals surface area (Å²) >= 11 is 5.13. The molecule has 0 saturated heterocycles. The van der Waals surface area contributed by atoms with Crippen LogP contribution < -0.4 is 10.9 Å². The van der Waals surface area contributed by atoms with Crippen LogP contribution in [0.3, 0.4) is 0 Å². The quantitative estimate of drug-likeness (QED) is 0.875. The summed E-state index contributed by atoms with van der Waals surface area (Å²) in [7, 11) is 0. The highest BCUT2D eigenvalue weighted by molar-refractivity contribution is 9.10. The first-order valence-corrected chi connectivity index (χ1v) is 7.83. The van der Waals surface area contributed by atoms with Gasteiger partial charge >= 0.3 is 0 Å². The smallest absolute Gasteiger partial charge is 0.283 e. The maximum absolute atomic E-state index is 11.9. The number of aryl methyl sites for hydroxylation is 1. The fourth-order valence-electron chi connectivity index (χ4n) is 1.47. The molecule has 0 spiro atoms. The Kier molecular flexibility index (Phi) is 6.05. The lowest BCUT2D eigenvalue weighted by Crippen LogP contribution is -2.27. The first-order valence-electron chi connectivity index (χ1n) is 5.65. The molecule has 6 heteroatoms. The molecule has 1 atom stereocenters. The molecule has 0 bridgehead atoms. The van der Waals surface area contributed by atoms with Gasteiger partial charge < -0.3 is 5.32 Å².